The van der Waals surface area contributed by atoms with Crippen LogP contribution < -0.4 is 5.73 Å². The molecule has 4 N–H and O–H groups in total. The lowest BCUT2D eigenvalue weighted by Crippen LogP contribution is -2.60. The van der Waals surface area contributed by atoms with Gasteiger partial charge in [-0.25, -0.2) is 0 Å². The minimum atomic E-state index is -1.11. The molecule has 0 spiro atoms. The number of methoxy groups -OCH3 is 1. The summed E-state index contributed by atoms with van der Waals surface area (Å²) in [5.41, 5.74) is 5.44. The molecule has 72 valence electrons. The van der Waals surface area contributed by atoms with Crippen molar-refractivity contribution >= 4 is 0 Å². The van der Waals surface area contributed by atoms with Crippen molar-refractivity contribution in [1.82, 2.24) is 0 Å². The van der Waals surface area contributed by atoms with Gasteiger partial charge in [-0.15, -0.1) is 0 Å². The molecule has 0 saturated carbocycles. The quantitative estimate of drug-likeness (QED) is 0.450. The van der Waals surface area contributed by atoms with Crippen molar-refractivity contribution in [2.24, 2.45) is 5.73 Å². The molecule has 1 heterocycles. The predicted molar refractivity (Wildman–Crippen MR) is 41.3 cm³/mol. The van der Waals surface area contributed by atoms with E-state index in [4.69, 9.17) is 20.3 Å². The predicted octanol–water partition coefficient (Wildman–Crippen LogP) is -1.57. The average Bonchev–Trinajstić information content (AvgIpc) is 2.01. The maximum atomic E-state index is 9.49. The Morgan fingerprint density at radius 1 is 1.42 bits per heavy atom. The number of hydrogen-bond donors (Lipinski definition) is 3. The number of nitrogens with two attached hydrogens (primary N) is 1. The van der Waals surface area contributed by atoms with Crippen LogP contribution >= 0.6 is 0 Å². The van der Waals surface area contributed by atoms with E-state index in [0.29, 0.717) is 0 Å². The fraction of sp³-hybridized carbons (Fsp3) is 1.00. The van der Waals surface area contributed by atoms with Gasteiger partial charge in [-0.3, -0.25) is 0 Å². The molecule has 5 atom stereocenters. The lowest BCUT2D eigenvalue weighted by atomic mass is 9.98. The molecule has 0 aromatic heterocycles. The second kappa shape index (κ2) is 3.68. The Morgan fingerprint density at radius 3 is 2.50 bits per heavy atom. The molecular weight excluding hydrogens is 162 g/mol. The Kier molecular flexibility index (Phi) is 3.03. The van der Waals surface area contributed by atoms with Crippen LogP contribution in [0.1, 0.15) is 6.92 Å². The first-order chi connectivity index (χ1) is 5.57. The van der Waals surface area contributed by atoms with Crippen molar-refractivity contribution < 1.29 is 19.7 Å². The fourth-order valence-corrected chi connectivity index (χ4v) is 1.38. The second-order valence-electron chi connectivity index (χ2n) is 3.00. The van der Waals surface area contributed by atoms with Crippen molar-refractivity contribution in [2.75, 3.05) is 7.11 Å². The Morgan fingerprint density at radius 2 is 2.00 bits per heavy atom. The third-order valence-corrected chi connectivity index (χ3v) is 2.15. The number of ether oxygens (including phenoxy) is 2. The number of aliphatic hydroxyl groups excluding tert-OH is 2. The summed E-state index contributed by atoms with van der Waals surface area (Å²) < 4.78 is 9.99. The zero-order valence-electron chi connectivity index (χ0n) is 7.18. The Hall–Kier alpha value is -0.200. The van der Waals surface area contributed by atoms with Crippen molar-refractivity contribution in [3.05, 3.63) is 0 Å². The van der Waals surface area contributed by atoms with E-state index >= 15 is 0 Å². The first-order valence-electron chi connectivity index (χ1n) is 3.88. The first kappa shape index (κ1) is 9.88. The smallest absolute Gasteiger partial charge is 0.172 e. The van der Waals surface area contributed by atoms with Gasteiger partial charge in [0.05, 0.1) is 12.1 Å². The molecule has 1 aliphatic heterocycles. The van der Waals surface area contributed by atoms with Gasteiger partial charge in [0.1, 0.15) is 12.2 Å². The Balaban J connectivity index is 2.65. The van der Waals surface area contributed by atoms with Crippen molar-refractivity contribution in [3.8, 4) is 0 Å². The summed E-state index contributed by atoms with van der Waals surface area (Å²) >= 11 is 0. The largest absolute Gasteiger partial charge is 0.388 e. The third-order valence-electron chi connectivity index (χ3n) is 2.15. The molecule has 0 radical (unpaired) electrons. The van der Waals surface area contributed by atoms with E-state index in [0.717, 1.165) is 0 Å². The fourth-order valence-electron chi connectivity index (χ4n) is 1.38. The highest BCUT2D eigenvalue weighted by Gasteiger charge is 2.40. The van der Waals surface area contributed by atoms with Gasteiger partial charge in [-0.2, -0.15) is 0 Å². The summed E-state index contributed by atoms with van der Waals surface area (Å²) in [6, 6.07) is -0.800. The van der Waals surface area contributed by atoms with E-state index in [1.165, 1.54) is 7.11 Å². The number of aliphatic hydroxyl groups is 2. The monoisotopic (exact) mass is 177 g/mol. The summed E-state index contributed by atoms with van der Waals surface area (Å²) in [6.07, 6.45) is -2.81. The normalized spacial score (nSPS) is 49.2. The van der Waals surface area contributed by atoms with E-state index in [1.54, 1.807) is 6.92 Å². The van der Waals surface area contributed by atoms with Crippen LogP contribution in [0.5, 0.6) is 0 Å². The van der Waals surface area contributed by atoms with Crippen molar-refractivity contribution in [1.29, 1.82) is 0 Å². The van der Waals surface area contributed by atoms with E-state index in [2.05, 4.69) is 0 Å². The molecule has 0 amide bonds. The van der Waals surface area contributed by atoms with Crippen LogP contribution in [0.25, 0.3) is 0 Å². The first-order valence-corrected chi connectivity index (χ1v) is 3.88. The van der Waals surface area contributed by atoms with E-state index in [9.17, 15) is 5.11 Å². The Bertz CT molecular complexity index is 154. The standard InChI is InChI=1S/C7H15NO4/c1-3-6(11-2)5(9)4(8)7(10)12-3/h3-7,9-10H,8H2,1-2H3/t3?,4?,5?,6-,7-/m1/s1. The van der Waals surface area contributed by atoms with Crippen LogP contribution in [0.4, 0.5) is 0 Å². The van der Waals surface area contributed by atoms with Crippen molar-refractivity contribution in [2.45, 2.75) is 37.6 Å². The minimum Gasteiger partial charge on any atom is -0.388 e. The molecule has 1 aliphatic rings. The maximum Gasteiger partial charge on any atom is 0.172 e. The van der Waals surface area contributed by atoms with Crippen LogP contribution in [0, 0.1) is 0 Å². The molecule has 0 aromatic rings. The molecule has 0 bridgehead atoms. The van der Waals surface area contributed by atoms with Crippen LogP contribution in [-0.4, -0.2) is 48.0 Å². The van der Waals surface area contributed by atoms with Gasteiger partial charge in [0.15, 0.2) is 6.29 Å². The molecule has 12 heavy (non-hydrogen) atoms. The van der Waals surface area contributed by atoms with Gasteiger partial charge in [0.25, 0.3) is 0 Å². The summed E-state index contributed by atoms with van der Waals surface area (Å²) in [5, 5.41) is 18.7. The molecule has 1 fully saturated rings. The third kappa shape index (κ3) is 1.60. The average molecular weight is 177 g/mol. The molecule has 5 heteroatoms. The molecule has 5 nitrogen and oxygen atoms in total. The van der Waals surface area contributed by atoms with Gasteiger partial charge in [0.2, 0.25) is 0 Å². The summed E-state index contributed by atoms with van der Waals surface area (Å²) in [5.74, 6) is 0. The zero-order valence-corrected chi connectivity index (χ0v) is 7.18. The molecule has 0 aliphatic carbocycles. The minimum absolute atomic E-state index is 0.347. The summed E-state index contributed by atoms with van der Waals surface area (Å²) in [7, 11) is 1.47. The van der Waals surface area contributed by atoms with Crippen LogP contribution in [0.15, 0.2) is 0 Å². The second-order valence-corrected chi connectivity index (χ2v) is 3.00. The van der Waals surface area contributed by atoms with Gasteiger partial charge < -0.3 is 25.4 Å². The topological polar surface area (TPSA) is 84.9 Å². The maximum absolute atomic E-state index is 9.49. The molecule has 1 rings (SSSR count). The zero-order chi connectivity index (χ0) is 9.30. The van der Waals surface area contributed by atoms with Crippen LogP contribution in [0.2, 0.25) is 0 Å². The van der Waals surface area contributed by atoms with E-state index in [-0.39, 0.29) is 6.10 Å². The SMILES string of the molecule is CO[C@@H]1C(C)O[C@@H](O)C(N)C1O. The molecular formula is C7H15NO4. The summed E-state index contributed by atoms with van der Waals surface area (Å²) in [4.78, 5) is 0. The van der Waals surface area contributed by atoms with Gasteiger partial charge >= 0.3 is 0 Å². The number of rotatable bonds is 1. The van der Waals surface area contributed by atoms with Crippen molar-refractivity contribution in [3.63, 3.8) is 0 Å². The molecule has 0 aromatic carbocycles. The molecule has 1 saturated heterocycles. The Labute approximate surface area is 71.1 Å². The van der Waals surface area contributed by atoms with E-state index in [1.807, 2.05) is 0 Å². The summed E-state index contributed by atoms with van der Waals surface area (Å²) in [6.45, 7) is 1.71. The van der Waals surface area contributed by atoms with Gasteiger partial charge in [-0.1, -0.05) is 0 Å². The highest BCUT2D eigenvalue weighted by molar-refractivity contribution is 4.89. The lowest BCUT2D eigenvalue weighted by molar-refractivity contribution is -0.242. The number of hydrogen-bond acceptors (Lipinski definition) is 5. The highest BCUT2D eigenvalue weighted by atomic mass is 16.6. The van der Waals surface area contributed by atoms with Crippen LogP contribution in [-0.2, 0) is 9.47 Å². The lowest BCUT2D eigenvalue weighted by Gasteiger charge is -2.39. The highest BCUT2D eigenvalue weighted by Crippen LogP contribution is 2.19. The molecule has 3 unspecified atom stereocenters. The van der Waals surface area contributed by atoms with Crippen LogP contribution in [0.3, 0.4) is 0 Å². The van der Waals surface area contributed by atoms with E-state index < -0.39 is 24.5 Å². The van der Waals surface area contributed by atoms with Gasteiger partial charge in [-0.05, 0) is 6.92 Å². The van der Waals surface area contributed by atoms with Gasteiger partial charge in [0, 0.05) is 7.11 Å².